The number of piperazine rings is 1. The van der Waals surface area contributed by atoms with Gasteiger partial charge in [0.1, 0.15) is 0 Å². The third kappa shape index (κ3) is 2.68. The highest BCUT2D eigenvalue weighted by Gasteiger charge is 2.56. The van der Waals surface area contributed by atoms with Crippen LogP contribution in [0.25, 0.3) is 0 Å². The van der Waals surface area contributed by atoms with E-state index >= 15 is 0 Å². The fourth-order valence-corrected chi connectivity index (χ4v) is 3.38. The molecule has 0 atom stereocenters. The predicted octanol–water partition coefficient (Wildman–Crippen LogP) is -1.14. The third-order valence-corrected chi connectivity index (χ3v) is 4.57. The summed E-state index contributed by atoms with van der Waals surface area (Å²) in [5.74, 6) is -1.25. The van der Waals surface area contributed by atoms with Crippen molar-refractivity contribution >= 4 is 17.8 Å². The van der Waals surface area contributed by atoms with Gasteiger partial charge < -0.3 is 5.11 Å². The smallest absolute Gasteiger partial charge is 0.328 e. The van der Waals surface area contributed by atoms with Gasteiger partial charge in [-0.1, -0.05) is 30.3 Å². The first-order valence-electron chi connectivity index (χ1n) is 7.89. The summed E-state index contributed by atoms with van der Waals surface area (Å²) in [7, 11) is 0. The second kappa shape index (κ2) is 6.68. The summed E-state index contributed by atoms with van der Waals surface area (Å²) < 4.78 is 0. The number of benzene rings is 1. The summed E-state index contributed by atoms with van der Waals surface area (Å²) in [5, 5.41) is 13.5. The maximum absolute atomic E-state index is 12.8. The molecule has 1 aromatic rings. The lowest BCUT2D eigenvalue weighted by molar-refractivity contribution is -0.150. The van der Waals surface area contributed by atoms with Gasteiger partial charge in [0.25, 0.3) is 11.8 Å². The van der Waals surface area contributed by atoms with Crippen LogP contribution in [0.3, 0.4) is 0 Å². The largest absolute Gasteiger partial charge is 0.395 e. The number of β-amino-alcohol motifs (C(OH)–C–C–N with tert-alkyl or cyclic N) is 1. The van der Waals surface area contributed by atoms with E-state index in [1.807, 2.05) is 0 Å². The predicted molar refractivity (Wildman–Crippen MR) is 84.9 cm³/mol. The zero-order valence-electron chi connectivity index (χ0n) is 13.2. The number of nitrogens with zero attached hydrogens (tertiary/aromatic N) is 2. The Kier molecular flexibility index (Phi) is 4.61. The van der Waals surface area contributed by atoms with Crippen molar-refractivity contribution in [3.05, 3.63) is 35.9 Å². The lowest BCUT2D eigenvalue weighted by Gasteiger charge is -2.46. The Balaban J connectivity index is 1.97. The number of barbiturate groups is 1. The van der Waals surface area contributed by atoms with Gasteiger partial charge in [-0.2, -0.15) is 0 Å². The van der Waals surface area contributed by atoms with Crippen molar-refractivity contribution < 1.29 is 19.5 Å². The highest BCUT2D eigenvalue weighted by atomic mass is 16.3. The molecule has 8 heteroatoms. The van der Waals surface area contributed by atoms with Crippen LogP contribution in [0.4, 0.5) is 4.79 Å². The van der Waals surface area contributed by atoms with Crippen molar-refractivity contribution in [3.8, 4) is 0 Å². The number of imide groups is 2. The molecule has 0 bridgehead atoms. The molecule has 24 heavy (non-hydrogen) atoms. The number of rotatable bonds is 4. The van der Waals surface area contributed by atoms with Gasteiger partial charge in [0.15, 0.2) is 0 Å². The molecule has 8 nitrogen and oxygen atoms in total. The van der Waals surface area contributed by atoms with Crippen molar-refractivity contribution in [1.29, 1.82) is 0 Å². The first-order chi connectivity index (χ1) is 11.6. The van der Waals surface area contributed by atoms with E-state index in [4.69, 9.17) is 5.11 Å². The van der Waals surface area contributed by atoms with Crippen LogP contribution >= 0.6 is 0 Å². The number of hydrogen-bond donors (Lipinski definition) is 3. The van der Waals surface area contributed by atoms with Gasteiger partial charge in [-0.3, -0.25) is 30.0 Å². The number of hydrogen-bond acceptors (Lipinski definition) is 6. The summed E-state index contributed by atoms with van der Waals surface area (Å²) in [4.78, 5) is 40.9. The van der Waals surface area contributed by atoms with Gasteiger partial charge in [-0.25, -0.2) is 4.79 Å². The summed E-state index contributed by atoms with van der Waals surface area (Å²) in [6.07, 6.45) is 0. The topological polar surface area (TPSA) is 102 Å². The van der Waals surface area contributed by atoms with Crippen LogP contribution in [-0.4, -0.2) is 72.1 Å². The Bertz CT molecular complexity index is 621. The minimum absolute atomic E-state index is 0.0688. The number of urea groups is 1. The third-order valence-electron chi connectivity index (χ3n) is 4.57. The fourth-order valence-electron chi connectivity index (χ4n) is 3.38. The van der Waals surface area contributed by atoms with Crippen LogP contribution in [-0.2, 0) is 15.1 Å². The number of nitrogens with one attached hydrogen (secondary N) is 2. The van der Waals surface area contributed by atoms with Crippen LogP contribution in [0.2, 0.25) is 0 Å². The van der Waals surface area contributed by atoms with E-state index in [-0.39, 0.29) is 6.61 Å². The zero-order chi connectivity index (χ0) is 17.2. The van der Waals surface area contributed by atoms with Crippen molar-refractivity contribution in [2.24, 2.45) is 0 Å². The molecular weight excluding hydrogens is 312 g/mol. The van der Waals surface area contributed by atoms with E-state index in [0.717, 1.165) is 0 Å². The molecule has 0 saturated carbocycles. The van der Waals surface area contributed by atoms with Crippen molar-refractivity contribution in [1.82, 2.24) is 20.4 Å². The molecule has 0 aromatic heterocycles. The van der Waals surface area contributed by atoms with E-state index in [1.165, 1.54) is 0 Å². The highest BCUT2D eigenvalue weighted by molar-refractivity contribution is 6.22. The van der Waals surface area contributed by atoms with Crippen molar-refractivity contribution in [3.63, 3.8) is 0 Å². The minimum atomic E-state index is -1.56. The minimum Gasteiger partial charge on any atom is -0.395 e. The summed E-state index contributed by atoms with van der Waals surface area (Å²) in [5.41, 5.74) is -1.02. The van der Waals surface area contributed by atoms with Gasteiger partial charge in [0.05, 0.1) is 6.61 Å². The van der Waals surface area contributed by atoms with E-state index in [9.17, 15) is 14.4 Å². The van der Waals surface area contributed by atoms with Crippen LogP contribution in [0, 0.1) is 0 Å². The summed E-state index contributed by atoms with van der Waals surface area (Å²) in [6.45, 7) is 2.84. The molecule has 3 N–H and O–H groups in total. The first-order valence-corrected chi connectivity index (χ1v) is 7.89. The second-order valence-corrected chi connectivity index (χ2v) is 5.87. The summed E-state index contributed by atoms with van der Waals surface area (Å²) in [6, 6.07) is 7.96. The Labute approximate surface area is 139 Å². The average molecular weight is 332 g/mol. The lowest BCUT2D eigenvalue weighted by Crippen LogP contribution is -2.72. The van der Waals surface area contributed by atoms with Crippen LogP contribution in [0.5, 0.6) is 0 Å². The zero-order valence-corrected chi connectivity index (χ0v) is 13.2. The SMILES string of the molecule is O=C1NC(=O)C(c2ccccc2)(N2CCN(CCO)CC2)C(=O)N1. The van der Waals surface area contributed by atoms with Crippen LogP contribution in [0.1, 0.15) is 5.56 Å². The molecule has 3 rings (SSSR count). The molecule has 0 unspecified atom stereocenters. The Morgan fingerprint density at radius 3 is 2.08 bits per heavy atom. The normalized spacial score (nSPS) is 22.1. The number of aliphatic hydroxyl groups excluding tert-OH is 1. The number of carbonyl (C=O) groups is 3. The van der Waals surface area contributed by atoms with Crippen LogP contribution in [0.15, 0.2) is 30.3 Å². The van der Waals surface area contributed by atoms with Gasteiger partial charge in [0, 0.05) is 32.7 Å². The molecule has 2 heterocycles. The Morgan fingerprint density at radius 1 is 0.958 bits per heavy atom. The molecule has 0 radical (unpaired) electrons. The molecule has 0 spiro atoms. The first kappa shape index (κ1) is 16.6. The molecule has 1 aromatic carbocycles. The van der Waals surface area contributed by atoms with E-state index in [1.54, 1.807) is 35.2 Å². The maximum atomic E-state index is 12.8. The van der Waals surface area contributed by atoms with Gasteiger partial charge in [-0.05, 0) is 5.56 Å². The lowest BCUT2D eigenvalue weighted by atomic mass is 9.84. The highest BCUT2D eigenvalue weighted by Crippen LogP contribution is 2.32. The Morgan fingerprint density at radius 2 is 1.54 bits per heavy atom. The van der Waals surface area contributed by atoms with Crippen molar-refractivity contribution in [2.45, 2.75) is 5.54 Å². The number of aliphatic hydroxyl groups is 1. The van der Waals surface area contributed by atoms with E-state index in [0.29, 0.717) is 38.3 Å². The fraction of sp³-hybridized carbons (Fsp3) is 0.438. The van der Waals surface area contributed by atoms with Gasteiger partial charge in [-0.15, -0.1) is 0 Å². The molecule has 4 amide bonds. The standard InChI is InChI=1S/C16H20N4O4/c21-11-10-19-6-8-20(9-7-19)16(12-4-2-1-3-5-12)13(22)17-15(24)18-14(16)23/h1-5,21H,6-11H2,(H2,17,18,22,23,24). The molecule has 0 aliphatic carbocycles. The quantitative estimate of drug-likeness (QED) is 0.602. The molecule has 2 fully saturated rings. The van der Waals surface area contributed by atoms with Gasteiger partial charge >= 0.3 is 6.03 Å². The maximum Gasteiger partial charge on any atom is 0.328 e. The molecule has 2 saturated heterocycles. The monoisotopic (exact) mass is 332 g/mol. The number of carbonyl (C=O) groups excluding carboxylic acids is 3. The van der Waals surface area contributed by atoms with Gasteiger partial charge in [0.2, 0.25) is 5.54 Å². The summed E-state index contributed by atoms with van der Waals surface area (Å²) >= 11 is 0. The second-order valence-electron chi connectivity index (χ2n) is 5.87. The molecule has 128 valence electrons. The molecule has 2 aliphatic heterocycles. The van der Waals surface area contributed by atoms with Crippen molar-refractivity contribution in [2.75, 3.05) is 39.3 Å². The molecular formula is C16H20N4O4. The average Bonchev–Trinajstić information content (AvgIpc) is 2.57. The van der Waals surface area contributed by atoms with E-state index < -0.39 is 23.4 Å². The Hall–Kier alpha value is -2.29. The number of amides is 4. The van der Waals surface area contributed by atoms with Crippen LogP contribution < -0.4 is 10.6 Å². The molecule has 2 aliphatic rings. The van der Waals surface area contributed by atoms with E-state index in [2.05, 4.69) is 15.5 Å².